The number of nitrogens with zero attached hydrogens (tertiary/aromatic N) is 2. The van der Waals surface area contributed by atoms with Crippen molar-refractivity contribution in [3.63, 3.8) is 0 Å². The highest BCUT2D eigenvalue weighted by Gasteiger charge is 2.20. The van der Waals surface area contributed by atoms with Crippen LogP contribution in [0.2, 0.25) is 0 Å². The Morgan fingerprint density at radius 1 is 1.21 bits per heavy atom. The van der Waals surface area contributed by atoms with E-state index in [0.29, 0.717) is 12.6 Å². The van der Waals surface area contributed by atoms with E-state index in [2.05, 4.69) is 44.8 Å². The lowest BCUT2D eigenvalue weighted by atomic mass is 10.0. The summed E-state index contributed by atoms with van der Waals surface area (Å²) in [5.74, 6) is 0.729. The summed E-state index contributed by atoms with van der Waals surface area (Å²) >= 11 is 1.17. The molecule has 1 fully saturated rings. The van der Waals surface area contributed by atoms with Gasteiger partial charge in [0.05, 0.1) is 6.54 Å². The molecule has 1 aliphatic heterocycles. The van der Waals surface area contributed by atoms with E-state index in [4.69, 9.17) is 5.14 Å². The Bertz CT molecular complexity index is 888. The molecule has 152 valence electrons. The van der Waals surface area contributed by atoms with Gasteiger partial charge in [0, 0.05) is 37.6 Å². The van der Waals surface area contributed by atoms with Crippen LogP contribution in [0.15, 0.2) is 51.7 Å². The first kappa shape index (κ1) is 20.8. The molecule has 0 unspecified atom stereocenters. The Morgan fingerprint density at radius 2 is 1.93 bits per heavy atom. The SMILES string of the molecule is CN=C(NCc1ccc(S(N)(=O)=O)s1)NC1CCN(Cc2ccccc2)CC1. The van der Waals surface area contributed by atoms with Gasteiger partial charge in [-0.05, 0) is 30.5 Å². The number of piperidine rings is 1. The molecule has 0 aliphatic carbocycles. The van der Waals surface area contributed by atoms with Crippen LogP contribution in [-0.2, 0) is 23.1 Å². The number of nitrogens with one attached hydrogen (secondary N) is 2. The zero-order valence-electron chi connectivity index (χ0n) is 16.0. The van der Waals surface area contributed by atoms with Gasteiger partial charge in [0.2, 0.25) is 10.0 Å². The fraction of sp³-hybridized carbons (Fsp3) is 0.421. The minimum atomic E-state index is -3.64. The summed E-state index contributed by atoms with van der Waals surface area (Å²) < 4.78 is 22.9. The van der Waals surface area contributed by atoms with Crippen molar-refractivity contribution < 1.29 is 8.42 Å². The molecule has 0 atom stereocenters. The van der Waals surface area contributed by atoms with Crippen LogP contribution < -0.4 is 15.8 Å². The average Bonchev–Trinajstić information content (AvgIpc) is 3.17. The van der Waals surface area contributed by atoms with Crippen LogP contribution in [0.5, 0.6) is 0 Å². The first-order chi connectivity index (χ1) is 13.4. The van der Waals surface area contributed by atoms with Crippen molar-refractivity contribution in [2.45, 2.75) is 36.2 Å². The zero-order valence-corrected chi connectivity index (χ0v) is 17.6. The predicted molar refractivity (Wildman–Crippen MR) is 114 cm³/mol. The summed E-state index contributed by atoms with van der Waals surface area (Å²) in [7, 11) is -1.90. The van der Waals surface area contributed by atoms with Crippen LogP contribution >= 0.6 is 11.3 Å². The molecule has 2 heterocycles. The third-order valence-electron chi connectivity index (χ3n) is 4.75. The quantitative estimate of drug-likeness (QED) is 0.487. The van der Waals surface area contributed by atoms with Crippen LogP contribution in [0.1, 0.15) is 23.3 Å². The van der Waals surface area contributed by atoms with E-state index in [1.165, 1.54) is 23.0 Å². The van der Waals surface area contributed by atoms with Gasteiger partial charge in [-0.15, -0.1) is 11.3 Å². The molecule has 28 heavy (non-hydrogen) atoms. The van der Waals surface area contributed by atoms with Gasteiger partial charge in [-0.3, -0.25) is 9.89 Å². The summed E-state index contributed by atoms with van der Waals surface area (Å²) in [6.07, 6.45) is 2.12. The van der Waals surface area contributed by atoms with Gasteiger partial charge in [0.25, 0.3) is 0 Å². The van der Waals surface area contributed by atoms with Crippen molar-refractivity contribution in [2.75, 3.05) is 20.1 Å². The Labute approximate surface area is 170 Å². The van der Waals surface area contributed by atoms with Crippen molar-refractivity contribution in [3.8, 4) is 0 Å². The Morgan fingerprint density at radius 3 is 2.54 bits per heavy atom. The minimum Gasteiger partial charge on any atom is -0.354 e. The largest absolute Gasteiger partial charge is 0.354 e. The molecule has 1 aromatic carbocycles. The third-order valence-corrected chi connectivity index (χ3v) is 7.27. The number of primary sulfonamides is 1. The first-order valence-electron chi connectivity index (χ1n) is 9.29. The van der Waals surface area contributed by atoms with Gasteiger partial charge in [0.1, 0.15) is 4.21 Å². The molecule has 0 spiro atoms. The van der Waals surface area contributed by atoms with Crippen LogP contribution in [-0.4, -0.2) is 45.5 Å². The predicted octanol–water partition coefficient (Wildman–Crippen LogP) is 1.73. The van der Waals surface area contributed by atoms with Crippen LogP contribution in [0.3, 0.4) is 0 Å². The van der Waals surface area contributed by atoms with E-state index in [1.807, 2.05) is 6.07 Å². The van der Waals surface area contributed by atoms with E-state index in [-0.39, 0.29) is 4.21 Å². The number of aliphatic imine (C=N–C) groups is 1. The molecular weight excluding hydrogens is 394 g/mol. The lowest BCUT2D eigenvalue weighted by Gasteiger charge is -2.33. The highest BCUT2D eigenvalue weighted by molar-refractivity contribution is 7.91. The maximum absolute atomic E-state index is 11.4. The number of rotatable bonds is 6. The van der Waals surface area contributed by atoms with E-state index in [9.17, 15) is 8.42 Å². The Kier molecular flexibility index (Phi) is 7.06. The number of thiophene rings is 1. The number of hydrogen-bond acceptors (Lipinski definition) is 5. The van der Waals surface area contributed by atoms with Gasteiger partial charge in [-0.2, -0.15) is 0 Å². The molecule has 0 amide bonds. The van der Waals surface area contributed by atoms with Crippen LogP contribution in [0, 0.1) is 0 Å². The number of likely N-dealkylation sites (tertiary alicyclic amines) is 1. The summed E-state index contributed by atoms with van der Waals surface area (Å²) in [5.41, 5.74) is 1.35. The molecule has 3 rings (SSSR count). The molecule has 1 aliphatic rings. The fourth-order valence-corrected chi connectivity index (χ4v) is 4.96. The molecule has 0 radical (unpaired) electrons. The highest BCUT2D eigenvalue weighted by Crippen LogP contribution is 2.20. The Balaban J connectivity index is 1.43. The topological polar surface area (TPSA) is 99.8 Å². The molecule has 7 nitrogen and oxygen atoms in total. The van der Waals surface area contributed by atoms with E-state index in [0.717, 1.165) is 43.3 Å². The lowest BCUT2D eigenvalue weighted by Crippen LogP contribution is -2.48. The summed E-state index contributed by atoms with van der Waals surface area (Å²) in [5, 5.41) is 11.9. The third kappa shape index (κ3) is 6.03. The normalized spacial score (nSPS) is 16.9. The number of hydrogen-bond donors (Lipinski definition) is 3. The fourth-order valence-electron chi connectivity index (χ4n) is 3.24. The van der Waals surface area contributed by atoms with Gasteiger partial charge in [0.15, 0.2) is 5.96 Å². The summed E-state index contributed by atoms with van der Waals surface area (Å²) in [6.45, 7) is 3.59. The van der Waals surface area contributed by atoms with E-state index >= 15 is 0 Å². The maximum Gasteiger partial charge on any atom is 0.247 e. The second-order valence-electron chi connectivity index (χ2n) is 6.87. The van der Waals surface area contributed by atoms with E-state index in [1.54, 1.807) is 13.1 Å². The number of sulfonamides is 1. The lowest BCUT2D eigenvalue weighted by molar-refractivity contribution is 0.198. The van der Waals surface area contributed by atoms with Gasteiger partial charge < -0.3 is 10.6 Å². The van der Waals surface area contributed by atoms with Crippen LogP contribution in [0.25, 0.3) is 0 Å². The van der Waals surface area contributed by atoms with Crippen molar-refractivity contribution in [1.82, 2.24) is 15.5 Å². The molecule has 0 bridgehead atoms. The van der Waals surface area contributed by atoms with Crippen molar-refractivity contribution in [2.24, 2.45) is 10.1 Å². The molecule has 2 aromatic rings. The van der Waals surface area contributed by atoms with Gasteiger partial charge in [-0.1, -0.05) is 30.3 Å². The maximum atomic E-state index is 11.4. The molecular formula is C19H27N5O2S2. The number of nitrogens with two attached hydrogens (primary N) is 1. The number of guanidine groups is 1. The summed E-state index contributed by atoms with van der Waals surface area (Å²) in [4.78, 5) is 7.65. The number of benzene rings is 1. The zero-order chi connectivity index (χ0) is 20.0. The summed E-state index contributed by atoms with van der Waals surface area (Å²) in [6, 6.07) is 14.2. The second kappa shape index (κ2) is 9.51. The molecule has 1 saturated heterocycles. The van der Waals surface area contributed by atoms with Crippen molar-refractivity contribution in [3.05, 3.63) is 52.9 Å². The van der Waals surface area contributed by atoms with Gasteiger partial charge >= 0.3 is 0 Å². The Hall–Kier alpha value is -1.94. The smallest absolute Gasteiger partial charge is 0.247 e. The standard InChI is InChI=1S/C19H27N5O2S2/c1-21-19(22-13-17-7-8-18(27-17)28(20,25)26)23-16-9-11-24(12-10-16)14-15-5-3-2-4-6-15/h2-8,16H,9-14H2,1H3,(H2,20,25,26)(H2,21,22,23). The van der Waals surface area contributed by atoms with Gasteiger partial charge in [-0.25, -0.2) is 13.6 Å². The van der Waals surface area contributed by atoms with Crippen molar-refractivity contribution in [1.29, 1.82) is 0 Å². The average molecular weight is 422 g/mol. The van der Waals surface area contributed by atoms with Crippen molar-refractivity contribution >= 4 is 27.3 Å². The first-order valence-corrected chi connectivity index (χ1v) is 11.7. The highest BCUT2D eigenvalue weighted by atomic mass is 32.2. The molecule has 0 saturated carbocycles. The second-order valence-corrected chi connectivity index (χ2v) is 9.83. The minimum absolute atomic E-state index is 0.179. The van der Waals surface area contributed by atoms with Crippen LogP contribution in [0.4, 0.5) is 0 Å². The monoisotopic (exact) mass is 421 g/mol. The molecule has 4 N–H and O–H groups in total. The molecule has 9 heteroatoms. The van der Waals surface area contributed by atoms with E-state index < -0.39 is 10.0 Å². The molecule has 1 aromatic heterocycles.